The Bertz CT molecular complexity index is 707. The van der Waals surface area contributed by atoms with Crippen molar-refractivity contribution < 1.29 is 0 Å². The van der Waals surface area contributed by atoms with E-state index >= 15 is 0 Å². The molecule has 0 spiro atoms. The Labute approximate surface area is 110 Å². The van der Waals surface area contributed by atoms with Gasteiger partial charge >= 0.3 is 0 Å². The molecule has 0 atom stereocenters. The largest absolute Gasteiger partial charge is 0.379 e. The Kier molecular flexibility index (Phi) is 2.30. The predicted molar refractivity (Wildman–Crippen MR) is 73.9 cm³/mol. The van der Waals surface area contributed by atoms with E-state index in [1.165, 1.54) is 18.5 Å². The highest BCUT2D eigenvalue weighted by Crippen LogP contribution is 2.35. The SMILES string of the molecule is c1cc2cn[nH]c2cc1NCc1cncn1C1CC1. The van der Waals surface area contributed by atoms with Crippen molar-refractivity contribution in [1.29, 1.82) is 0 Å². The fourth-order valence-corrected chi connectivity index (χ4v) is 2.39. The van der Waals surface area contributed by atoms with Gasteiger partial charge in [0.05, 0.1) is 30.3 Å². The Morgan fingerprint density at radius 3 is 3.16 bits per heavy atom. The fourth-order valence-electron chi connectivity index (χ4n) is 2.39. The van der Waals surface area contributed by atoms with Crippen LogP contribution in [0.4, 0.5) is 5.69 Å². The molecule has 0 aliphatic heterocycles. The first-order valence-corrected chi connectivity index (χ1v) is 6.58. The van der Waals surface area contributed by atoms with E-state index in [2.05, 4.69) is 43.3 Å². The number of benzene rings is 1. The molecule has 1 saturated carbocycles. The van der Waals surface area contributed by atoms with Crippen molar-refractivity contribution in [3.8, 4) is 0 Å². The van der Waals surface area contributed by atoms with Crippen LogP contribution in [0.1, 0.15) is 24.6 Å². The first-order chi connectivity index (χ1) is 9.40. The lowest BCUT2D eigenvalue weighted by atomic mass is 10.2. The first kappa shape index (κ1) is 10.6. The van der Waals surface area contributed by atoms with Crippen LogP contribution in [0.5, 0.6) is 0 Å². The number of rotatable bonds is 4. The lowest BCUT2D eigenvalue weighted by Gasteiger charge is -2.09. The summed E-state index contributed by atoms with van der Waals surface area (Å²) >= 11 is 0. The second-order valence-corrected chi connectivity index (χ2v) is 5.05. The Morgan fingerprint density at radius 2 is 2.26 bits per heavy atom. The average Bonchev–Trinajstić information content (AvgIpc) is 3.00. The maximum absolute atomic E-state index is 4.24. The van der Waals surface area contributed by atoms with Gasteiger partial charge in [-0.05, 0) is 31.0 Å². The first-order valence-electron chi connectivity index (χ1n) is 6.58. The molecule has 2 N–H and O–H groups in total. The van der Waals surface area contributed by atoms with E-state index < -0.39 is 0 Å². The average molecular weight is 253 g/mol. The smallest absolute Gasteiger partial charge is 0.0951 e. The molecule has 1 aromatic carbocycles. The fraction of sp³-hybridized carbons (Fsp3) is 0.286. The Balaban J connectivity index is 1.52. The zero-order chi connectivity index (χ0) is 12.7. The summed E-state index contributed by atoms with van der Waals surface area (Å²) in [6.07, 6.45) is 8.28. The van der Waals surface area contributed by atoms with Gasteiger partial charge in [-0.25, -0.2) is 4.98 Å². The normalized spacial score (nSPS) is 14.9. The minimum Gasteiger partial charge on any atom is -0.379 e. The van der Waals surface area contributed by atoms with Crippen molar-refractivity contribution in [2.24, 2.45) is 0 Å². The molecule has 5 heteroatoms. The molecule has 1 fully saturated rings. The highest BCUT2D eigenvalue weighted by atomic mass is 15.1. The lowest BCUT2D eigenvalue weighted by Crippen LogP contribution is -2.05. The van der Waals surface area contributed by atoms with Crippen LogP contribution in [0.25, 0.3) is 10.9 Å². The van der Waals surface area contributed by atoms with Crippen LogP contribution in [0.3, 0.4) is 0 Å². The molecule has 96 valence electrons. The van der Waals surface area contributed by atoms with Crippen LogP contribution >= 0.6 is 0 Å². The highest BCUT2D eigenvalue weighted by Gasteiger charge is 2.24. The third kappa shape index (κ3) is 1.97. The second kappa shape index (κ2) is 4.12. The number of aromatic amines is 1. The number of nitrogens with one attached hydrogen (secondary N) is 2. The standard InChI is InChI=1S/C14H15N5/c1-2-11(5-14-10(1)6-17-18-14)16-8-13-7-15-9-19(13)12-3-4-12/h1-2,5-7,9,12,16H,3-4,8H2,(H,17,18). The molecule has 3 aromatic rings. The van der Waals surface area contributed by atoms with Gasteiger partial charge in [0.15, 0.2) is 0 Å². The van der Waals surface area contributed by atoms with Crippen LogP contribution in [0.15, 0.2) is 36.9 Å². The van der Waals surface area contributed by atoms with Crippen LogP contribution in [-0.2, 0) is 6.54 Å². The molecule has 0 radical (unpaired) electrons. The number of H-pyrrole nitrogens is 1. The maximum Gasteiger partial charge on any atom is 0.0951 e. The molecule has 1 aliphatic carbocycles. The summed E-state index contributed by atoms with van der Waals surface area (Å²) in [5, 5.41) is 11.6. The van der Waals surface area contributed by atoms with Gasteiger partial charge in [0.1, 0.15) is 0 Å². The molecule has 2 aromatic heterocycles. The summed E-state index contributed by atoms with van der Waals surface area (Å²) in [6.45, 7) is 0.802. The van der Waals surface area contributed by atoms with Crippen LogP contribution < -0.4 is 5.32 Å². The number of imidazole rings is 1. The molecule has 0 saturated heterocycles. The molecular formula is C14H15N5. The second-order valence-electron chi connectivity index (χ2n) is 5.05. The number of nitrogens with zero attached hydrogens (tertiary/aromatic N) is 3. The molecule has 19 heavy (non-hydrogen) atoms. The molecule has 0 unspecified atom stereocenters. The zero-order valence-corrected chi connectivity index (χ0v) is 10.5. The minimum atomic E-state index is 0.675. The van der Waals surface area contributed by atoms with Crippen molar-refractivity contribution in [3.63, 3.8) is 0 Å². The Morgan fingerprint density at radius 1 is 1.32 bits per heavy atom. The van der Waals surface area contributed by atoms with Crippen molar-refractivity contribution in [2.45, 2.75) is 25.4 Å². The Hall–Kier alpha value is -2.30. The molecular weight excluding hydrogens is 238 g/mol. The third-order valence-corrected chi connectivity index (χ3v) is 3.60. The van der Waals surface area contributed by atoms with Gasteiger partial charge in [-0.2, -0.15) is 5.10 Å². The van der Waals surface area contributed by atoms with Gasteiger partial charge in [-0.3, -0.25) is 5.10 Å². The third-order valence-electron chi connectivity index (χ3n) is 3.60. The van der Waals surface area contributed by atoms with Crippen molar-refractivity contribution >= 4 is 16.6 Å². The summed E-state index contributed by atoms with van der Waals surface area (Å²) in [6, 6.07) is 6.91. The van der Waals surface area contributed by atoms with Gasteiger partial charge in [-0.1, -0.05) is 0 Å². The summed E-state index contributed by atoms with van der Waals surface area (Å²) in [4.78, 5) is 4.24. The van der Waals surface area contributed by atoms with E-state index in [1.54, 1.807) is 0 Å². The van der Waals surface area contributed by atoms with Gasteiger partial charge in [0.25, 0.3) is 0 Å². The van der Waals surface area contributed by atoms with Gasteiger partial charge in [-0.15, -0.1) is 0 Å². The maximum atomic E-state index is 4.24. The van der Waals surface area contributed by atoms with Crippen LogP contribution in [-0.4, -0.2) is 19.7 Å². The number of fused-ring (bicyclic) bond motifs is 1. The summed E-state index contributed by atoms with van der Waals surface area (Å²) < 4.78 is 2.28. The minimum absolute atomic E-state index is 0.675. The highest BCUT2D eigenvalue weighted by molar-refractivity contribution is 5.81. The molecule has 4 rings (SSSR count). The number of hydrogen-bond acceptors (Lipinski definition) is 3. The van der Waals surface area contributed by atoms with Crippen molar-refractivity contribution in [3.05, 3.63) is 42.6 Å². The van der Waals surface area contributed by atoms with E-state index in [4.69, 9.17) is 0 Å². The topological polar surface area (TPSA) is 58.5 Å². The van der Waals surface area contributed by atoms with Crippen molar-refractivity contribution in [2.75, 3.05) is 5.32 Å². The summed E-state index contributed by atoms with van der Waals surface area (Å²) in [5.74, 6) is 0. The van der Waals surface area contributed by atoms with E-state index in [9.17, 15) is 0 Å². The van der Waals surface area contributed by atoms with Gasteiger partial charge in [0.2, 0.25) is 0 Å². The number of anilines is 1. The number of hydrogen-bond donors (Lipinski definition) is 2. The summed E-state index contributed by atoms with van der Waals surface area (Å²) in [7, 11) is 0. The number of aromatic nitrogens is 4. The molecule has 2 heterocycles. The van der Waals surface area contributed by atoms with E-state index in [-0.39, 0.29) is 0 Å². The van der Waals surface area contributed by atoms with Crippen molar-refractivity contribution in [1.82, 2.24) is 19.7 Å². The predicted octanol–water partition coefficient (Wildman–Crippen LogP) is 2.71. The lowest BCUT2D eigenvalue weighted by molar-refractivity contribution is 0.701. The van der Waals surface area contributed by atoms with Crippen LogP contribution in [0.2, 0.25) is 0 Å². The zero-order valence-electron chi connectivity index (χ0n) is 10.5. The monoisotopic (exact) mass is 253 g/mol. The molecule has 0 bridgehead atoms. The van der Waals surface area contributed by atoms with Gasteiger partial charge in [0, 0.05) is 23.3 Å². The molecule has 1 aliphatic rings. The van der Waals surface area contributed by atoms with E-state index in [1.807, 2.05) is 18.7 Å². The molecule has 0 amide bonds. The molecule has 5 nitrogen and oxygen atoms in total. The van der Waals surface area contributed by atoms with Crippen LogP contribution in [0, 0.1) is 0 Å². The van der Waals surface area contributed by atoms with Gasteiger partial charge < -0.3 is 9.88 Å². The quantitative estimate of drug-likeness (QED) is 0.751. The summed E-state index contributed by atoms with van der Waals surface area (Å²) in [5.41, 5.74) is 3.40. The van der Waals surface area contributed by atoms with E-state index in [0.717, 1.165) is 23.1 Å². The van der Waals surface area contributed by atoms with E-state index in [0.29, 0.717) is 6.04 Å².